The number of carboxylic acid groups (broad SMARTS) is 1. The summed E-state index contributed by atoms with van der Waals surface area (Å²) in [7, 11) is 0. The lowest BCUT2D eigenvalue weighted by Gasteiger charge is -2.48. The van der Waals surface area contributed by atoms with Crippen molar-refractivity contribution in [1.82, 2.24) is 9.80 Å². The molecule has 5 saturated heterocycles. The number of carboxylic acids is 1. The average molecular weight is 304 g/mol. The zero-order chi connectivity index (χ0) is 15.1. The second kappa shape index (κ2) is 4.11. The SMILES string of the molecule is O=C(O)C1C2C=CC3(CN(C4CN5CCC4CC5)C(=O)C13)O2. The summed E-state index contributed by atoms with van der Waals surface area (Å²) in [6.45, 7) is 3.73. The molecule has 0 aromatic rings. The van der Waals surface area contributed by atoms with Crippen molar-refractivity contribution in [2.45, 2.75) is 30.6 Å². The third kappa shape index (κ3) is 1.47. The molecule has 6 aliphatic rings. The molecule has 6 heterocycles. The maximum absolute atomic E-state index is 13.0. The molecule has 0 saturated carbocycles. The van der Waals surface area contributed by atoms with Gasteiger partial charge in [-0.3, -0.25) is 9.59 Å². The van der Waals surface area contributed by atoms with Gasteiger partial charge in [-0.2, -0.15) is 0 Å². The number of piperidine rings is 3. The Kier molecular flexibility index (Phi) is 2.45. The van der Waals surface area contributed by atoms with Crippen LogP contribution in [0.25, 0.3) is 0 Å². The van der Waals surface area contributed by atoms with Crippen LogP contribution in [-0.2, 0) is 14.3 Å². The number of carbonyl (C=O) groups is 2. The maximum atomic E-state index is 13.0. The third-order valence-electron chi connectivity index (χ3n) is 6.44. The predicted molar refractivity (Wildman–Crippen MR) is 76.0 cm³/mol. The topological polar surface area (TPSA) is 70.1 Å². The molecule has 5 atom stereocenters. The lowest BCUT2D eigenvalue weighted by Crippen LogP contribution is -2.58. The van der Waals surface area contributed by atoms with E-state index in [1.54, 1.807) is 0 Å². The average Bonchev–Trinajstić information content (AvgIpc) is 3.16. The number of hydrogen-bond donors (Lipinski definition) is 1. The lowest BCUT2D eigenvalue weighted by atomic mass is 9.77. The Morgan fingerprint density at radius 3 is 2.77 bits per heavy atom. The summed E-state index contributed by atoms with van der Waals surface area (Å²) in [5.41, 5.74) is -0.684. The third-order valence-corrected chi connectivity index (χ3v) is 6.44. The van der Waals surface area contributed by atoms with E-state index in [1.807, 2.05) is 17.1 Å². The molecule has 1 spiro atoms. The van der Waals surface area contributed by atoms with Gasteiger partial charge in [-0.05, 0) is 31.8 Å². The fraction of sp³-hybridized carbons (Fsp3) is 0.750. The molecule has 5 unspecified atom stereocenters. The van der Waals surface area contributed by atoms with Gasteiger partial charge < -0.3 is 19.6 Å². The highest BCUT2D eigenvalue weighted by molar-refractivity contribution is 5.91. The molecule has 6 heteroatoms. The van der Waals surface area contributed by atoms with Crippen molar-refractivity contribution in [1.29, 1.82) is 0 Å². The summed E-state index contributed by atoms with van der Waals surface area (Å²) < 4.78 is 5.96. The van der Waals surface area contributed by atoms with Gasteiger partial charge in [-0.1, -0.05) is 12.2 Å². The van der Waals surface area contributed by atoms with E-state index in [0.29, 0.717) is 12.5 Å². The largest absolute Gasteiger partial charge is 0.481 e. The Bertz CT molecular complexity index is 583. The van der Waals surface area contributed by atoms with E-state index in [-0.39, 0.29) is 11.9 Å². The van der Waals surface area contributed by atoms with Crippen LogP contribution in [-0.4, -0.2) is 70.7 Å². The van der Waals surface area contributed by atoms with E-state index in [0.717, 1.165) is 32.5 Å². The summed E-state index contributed by atoms with van der Waals surface area (Å²) in [5.74, 6) is -1.60. The fourth-order valence-electron chi connectivity index (χ4n) is 5.38. The molecule has 0 aromatic carbocycles. The minimum atomic E-state index is -0.912. The zero-order valence-electron chi connectivity index (χ0n) is 12.4. The Hall–Kier alpha value is -1.40. The first-order chi connectivity index (χ1) is 10.6. The minimum Gasteiger partial charge on any atom is -0.481 e. The van der Waals surface area contributed by atoms with Crippen LogP contribution in [0.15, 0.2) is 12.2 Å². The van der Waals surface area contributed by atoms with Crippen molar-refractivity contribution >= 4 is 11.9 Å². The number of rotatable bonds is 2. The first-order valence-corrected chi connectivity index (χ1v) is 8.22. The van der Waals surface area contributed by atoms with Crippen LogP contribution < -0.4 is 0 Å². The Labute approximate surface area is 128 Å². The summed E-state index contributed by atoms with van der Waals surface area (Å²) in [6, 6.07) is 0.237. The van der Waals surface area contributed by atoms with Crippen LogP contribution in [0.1, 0.15) is 12.8 Å². The van der Waals surface area contributed by atoms with Crippen LogP contribution in [0.2, 0.25) is 0 Å². The summed E-state index contributed by atoms with van der Waals surface area (Å²) in [4.78, 5) is 29.0. The monoisotopic (exact) mass is 304 g/mol. The number of hydrogen-bond acceptors (Lipinski definition) is 4. The highest BCUT2D eigenvalue weighted by Crippen LogP contribution is 2.53. The minimum absolute atomic E-state index is 0.00185. The van der Waals surface area contributed by atoms with Crippen molar-refractivity contribution in [3.63, 3.8) is 0 Å². The summed E-state index contributed by atoms with van der Waals surface area (Å²) >= 11 is 0. The number of amides is 1. The van der Waals surface area contributed by atoms with Gasteiger partial charge in [0.05, 0.1) is 18.6 Å². The molecule has 0 aliphatic carbocycles. The van der Waals surface area contributed by atoms with Gasteiger partial charge in [0.2, 0.25) is 5.91 Å². The second-order valence-electron chi connectivity index (χ2n) is 7.41. The quantitative estimate of drug-likeness (QED) is 0.724. The van der Waals surface area contributed by atoms with Crippen LogP contribution in [0, 0.1) is 17.8 Å². The summed E-state index contributed by atoms with van der Waals surface area (Å²) in [6.07, 6.45) is 5.64. The number of fused-ring (bicyclic) bond motifs is 4. The predicted octanol–water partition coefficient (Wildman–Crippen LogP) is -0.0528. The maximum Gasteiger partial charge on any atom is 0.310 e. The van der Waals surface area contributed by atoms with Crippen LogP contribution in [0.3, 0.4) is 0 Å². The standard InChI is InChI=1S/C16H20N2O4/c19-14-13-12(15(20)21)11-1-4-16(13,22-11)8-18(14)10-7-17-5-2-9(10)3-6-17/h1,4,9-13H,2-3,5-8H2,(H,20,21). The van der Waals surface area contributed by atoms with Gasteiger partial charge in [0.15, 0.2) is 0 Å². The molecule has 6 nitrogen and oxygen atoms in total. The molecule has 118 valence electrons. The molecular formula is C16H20N2O4. The van der Waals surface area contributed by atoms with E-state index < -0.39 is 29.5 Å². The Morgan fingerprint density at radius 2 is 2.14 bits per heavy atom. The number of ether oxygens (including phenoxy) is 1. The lowest BCUT2D eigenvalue weighted by molar-refractivity contribution is -0.149. The molecule has 5 fully saturated rings. The molecule has 1 N–H and O–H groups in total. The van der Waals surface area contributed by atoms with Gasteiger partial charge >= 0.3 is 5.97 Å². The van der Waals surface area contributed by atoms with Crippen molar-refractivity contribution in [3.05, 3.63) is 12.2 Å². The van der Waals surface area contributed by atoms with Crippen LogP contribution >= 0.6 is 0 Å². The van der Waals surface area contributed by atoms with Gasteiger partial charge in [-0.25, -0.2) is 0 Å². The number of carbonyl (C=O) groups excluding carboxylic acids is 1. The van der Waals surface area contributed by atoms with Gasteiger partial charge in [0.1, 0.15) is 11.5 Å². The number of likely N-dealkylation sites (tertiary alicyclic amines) is 1. The van der Waals surface area contributed by atoms with Gasteiger partial charge in [0.25, 0.3) is 0 Å². The molecule has 0 radical (unpaired) electrons. The van der Waals surface area contributed by atoms with E-state index in [9.17, 15) is 14.7 Å². The molecule has 0 aromatic heterocycles. The highest BCUT2D eigenvalue weighted by atomic mass is 16.5. The fourth-order valence-corrected chi connectivity index (χ4v) is 5.38. The first kappa shape index (κ1) is 13.1. The number of aliphatic carboxylic acids is 1. The van der Waals surface area contributed by atoms with E-state index in [4.69, 9.17) is 4.74 Å². The summed E-state index contributed by atoms with van der Waals surface area (Å²) in [5, 5.41) is 9.51. The van der Waals surface area contributed by atoms with Crippen LogP contribution in [0.4, 0.5) is 0 Å². The second-order valence-corrected chi connectivity index (χ2v) is 7.41. The molecule has 4 bridgehead atoms. The van der Waals surface area contributed by atoms with E-state index >= 15 is 0 Å². The number of nitrogens with zero attached hydrogens (tertiary/aromatic N) is 2. The van der Waals surface area contributed by atoms with Gasteiger partial charge in [-0.15, -0.1) is 0 Å². The molecule has 6 rings (SSSR count). The van der Waals surface area contributed by atoms with Crippen molar-refractivity contribution in [2.75, 3.05) is 26.2 Å². The molecule has 6 aliphatic heterocycles. The molecular weight excluding hydrogens is 284 g/mol. The van der Waals surface area contributed by atoms with Crippen molar-refractivity contribution < 1.29 is 19.4 Å². The van der Waals surface area contributed by atoms with Gasteiger partial charge in [0, 0.05) is 12.6 Å². The normalized spacial score (nSPS) is 51.6. The zero-order valence-corrected chi connectivity index (χ0v) is 12.4. The van der Waals surface area contributed by atoms with E-state index in [1.165, 1.54) is 0 Å². The smallest absolute Gasteiger partial charge is 0.310 e. The Balaban J connectivity index is 1.48. The molecule has 1 amide bonds. The Morgan fingerprint density at radius 1 is 1.36 bits per heavy atom. The first-order valence-electron chi connectivity index (χ1n) is 8.22. The van der Waals surface area contributed by atoms with Crippen molar-refractivity contribution in [2.24, 2.45) is 17.8 Å². The van der Waals surface area contributed by atoms with Crippen molar-refractivity contribution in [3.8, 4) is 0 Å². The highest BCUT2D eigenvalue weighted by Gasteiger charge is 2.68. The molecule has 22 heavy (non-hydrogen) atoms. The van der Waals surface area contributed by atoms with Crippen LogP contribution in [0.5, 0.6) is 0 Å². The van der Waals surface area contributed by atoms with E-state index in [2.05, 4.69) is 4.90 Å².